The van der Waals surface area contributed by atoms with Gasteiger partial charge in [0.25, 0.3) is 0 Å². The van der Waals surface area contributed by atoms with Crippen LogP contribution in [0.25, 0.3) is 0 Å². The fourth-order valence-corrected chi connectivity index (χ4v) is 5.49. The van der Waals surface area contributed by atoms with Crippen LogP contribution in [0, 0.1) is 12.3 Å². The second kappa shape index (κ2) is 7.49. The number of nitrogens with zero attached hydrogens (tertiary/aromatic N) is 3. The highest BCUT2D eigenvalue weighted by molar-refractivity contribution is 7.99. The Balaban J connectivity index is 1.47. The number of hydrogen-bond acceptors (Lipinski definition) is 6. The van der Waals surface area contributed by atoms with Crippen molar-refractivity contribution < 1.29 is 0 Å². The van der Waals surface area contributed by atoms with E-state index in [4.69, 9.17) is 28.1 Å². The van der Waals surface area contributed by atoms with Crippen molar-refractivity contribution in [2.75, 3.05) is 23.7 Å². The maximum Gasteiger partial charge on any atom is 0.147 e. The number of aromatic nitrogens is 2. The molecule has 1 aromatic carbocycles. The van der Waals surface area contributed by atoms with Crippen molar-refractivity contribution >= 4 is 34.9 Å². The first-order chi connectivity index (χ1) is 13.0. The smallest absolute Gasteiger partial charge is 0.147 e. The van der Waals surface area contributed by atoms with Crippen molar-refractivity contribution in [3.8, 4) is 0 Å². The van der Waals surface area contributed by atoms with Gasteiger partial charge in [-0.2, -0.15) is 0 Å². The van der Waals surface area contributed by atoms with E-state index >= 15 is 0 Å². The van der Waals surface area contributed by atoms with Crippen LogP contribution < -0.4 is 16.4 Å². The molecular formula is C20H26ClN5S. The number of nitrogens with two attached hydrogens (primary N) is 2. The molecule has 1 aliphatic heterocycles. The summed E-state index contributed by atoms with van der Waals surface area (Å²) in [6.07, 6.45) is 7.93. The summed E-state index contributed by atoms with van der Waals surface area (Å²) in [4.78, 5) is 12.7. The molecule has 1 saturated carbocycles. The summed E-state index contributed by atoms with van der Waals surface area (Å²) >= 11 is 7.81. The second-order valence-corrected chi connectivity index (χ2v) is 9.14. The SMILES string of the molecule is Cc1nc(N2CCC3(CCC[C@H]3N)CC2)cnc1Sc1cccc(N)c1Cl. The van der Waals surface area contributed by atoms with E-state index in [1.165, 1.54) is 31.0 Å². The zero-order valence-corrected chi connectivity index (χ0v) is 17.2. The van der Waals surface area contributed by atoms with Gasteiger partial charge in [0.1, 0.15) is 10.8 Å². The fraction of sp³-hybridized carbons (Fsp3) is 0.500. The van der Waals surface area contributed by atoms with Crippen LogP contribution in [-0.4, -0.2) is 29.1 Å². The Kier molecular flexibility index (Phi) is 5.23. The lowest BCUT2D eigenvalue weighted by molar-refractivity contribution is 0.197. The molecule has 27 heavy (non-hydrogen) atoms. The van der Waals surface area contributed by atoms with E-state index in [1.54, 1.807) is 6.07 Å². The Morgan fingerprint density at radius 2 is 2.04 bits per heavy atom. The number of piperidine rings is 1. The van der Waals surface area contributed by atoms with Gasteiger partial charge in [-0.05, 0) is 50.2 Å². The normalized spacial score (nSPS) is 21.7. The maximum atomic E-state index is 6.40. The Hall–Kier alpha value is -1.50. The third-order valence-electron chi connectivity index (χ3n) is 6.15. The van der Waals surface area contributed by atoms with E-state index < -0.39 is 0 Å². The minimum Gasteiger partial charge on any atom is -0.397 e. The lowest BCUT2D eigenvalue weighted by Crippen LogP contribution is -2.47. The number of anilines is 2. The van der Waals surface area contributed by atoms with E-state index in [0.717, 1.165) is 47.4 Å². The summed E-state index contributed by atoms with van der Waals surface area (Å²) < 4.78 is 0. The molecule has 1 atom stereocenters. The van der Waals surface area contributed by atoms with Crippen LogP contribution in [0.3, 0.4) is 0 Å². The Morgan fingerprint density at radius 3 is 2.70 bits per heavy atom. The fourth-order valence-electron chi connectivity index (χ4n) is 4.39. The predicted molar refractivity (Wildman–Crippen MR) is 112 cm³/mol. The highest BCUT2D eigenvalue weighted by Crippen LogP contribution is 2.46. The summed E-state index contributed by atoms with van der Waals surface area (Å²) in [6.45, 7) is 4.02. The Morgan fingerprint density at radius 1 is 1.26 bits per heavy atom. The molecule has 7 heteroatoms. The molecule has 2 heterocycles. The average molecular weight is 404 g/mol. The van der Waals surface area contributed by atoms with Gasteiger partial charge in [-0.3, -0.25) is 0 Å². The van der Waals surface area contributed by atoms with Gasteiger partial charge in [-0.25, -0.2) is 9.97 Å². The minimum atomic E-state index is 0.360. The minimum absolute atomic E-state index is 0.360. The van der Waals surface area contributed by atoms with Crippen molar-refractivity contribution in [2.45, 2.75) is 55.0 Å². The molecule has 2 fully saturated rings. The predicted octanol–water partition coefficient (Wildman–Crippen LogP) is 4.27. The zero-order valence-electron chi connectivity index (χ0n) is 15.6. The number of hydrogen-bond donors (Lipinski definition) is 2. The van der Waals surface area contributed by atoms with Crippen molar-refractivity contribution in [2.24, 2.45) is 11.1 Å². The summed E-state index contributed by atoms with van der Waals surface area (Å²) in [6, 6.07) is 6.02. The van der Waals surface area contributed by atoms with E-state index in [9.17, 15) is 0 Å². The first-order valence-corrected chi connectivity index (χ1v) is 10.7. The zero-order chi connectivity index (χ0) is 19.0. The molecule has 144 valence electrons. The van der Waals surface area contributed by atoms with Gasteiger partial charge < -0.3 is 16.4 Å². The van der Waals surface area contributed by atoms with Crippen LogP contribution in [0.15, 0.2) is 34.3 Å². The van der Waals surface area contributed by atoms with Crippen molar-refractivity contribution in [1.29, 1.82) is 0 Å². The Labute approximate surface area is 169 Å². The first kappa shape index (κ1) is 18.8. The molecule has 0 amide bonds. The number of nitrogen functional groups attached to an aromatic ring is 1. The van der Waals surface area contributed by atoms with Gasteiger partial charge in [0.05, 0.1) is 22.6 Å². The molecule has 0 unspecified atom stereocenters. The standard InChI is InChI=1S/C20H26ClN5S/c1-13-19(27-15-5-2-4-14(22)18(15)21)24-12-17(25-13)26-10-8-20(9-11-26)7-3-6-16(20)23/h2,4-5,12,16H,3,6-11,22-23H2,1H3/t16-/m1/s1. The summed E-state index contributed by atoms with van der Waals surface area (Å²) in [5.74, 6) is 0.956. The Bertz CT molecular complexity index is 835. The average Bonchev–Trinajstić information content (AvgIpc) is 3.01. The van der Waals surface area contributed by atoms with Crippen LogP contribution in [0.2, 0.25) is 5.02 Å². The van der Waals surface area contributed by atoms with E-state index in [1.807, 2.05) is 25.3 Å². The number of halogens is 1. The monoisotopic (exact) mass is 403 g/mol. The molecule has 0 radical (unpaired) electrons. The molecule has 2 aromatic rings. The quantitative estimate of drug-likeness (QED) is 0.745. The van der Waals surface area contributed by atoms with Crippen LogP contribution in [-0.2, 0) is 0 Å². The van der Waals surface area contributed by atoms with Gasteiger partial charge in [0, 0.05) is 24.0 Å². The van der Waals surface area contributed by atoms with E-state index in [0.29, 0.717) is 22.2 Å². The molecule has 1 aromatic heterocycles. The molecule has 0 bridgehead atoms. The van der Waals surface area contributed by atoms with E-state index in [2.05, 4.69) is 9.88 Å². The number of benzene rings is 1. The summed E-state index contributed by atoms with van der Waals surface area (Å²) in [5.41, 5.74) is 14.1. The molecule has 1 saturated heterocycles. The van der Waals surface area contributed by atoms with Crippen molar-refractivity contribution in [3.63, 3.8) is 0 Å². The number of aryl methyl sites for hydroxylation is 1. The van der Waals surface area contributed by atoms with E-state index in [-0.39, 0.29) is 0 Å². The van der Waals surface area contributed by atoms with Gasteiger partial charge in [0.15, 0.2) is 0 Å². The van der Waals surface area contributed by atoms with Gasteiger partial charge in [-0.1, -0.05) is 35.9 Å². The second-order valence-electron chi connectivity index (χ2n) is 7.73. The van der Waals surface area contributed by atoms with Crippen molar-refractivity contribution in [1.82, 2.24) is 9.97 Å². The van der Waals surface area contributed by atoms with Crippen LogP contribution in [0.1, 0.15) is 37.8 Å². The largest absolute Gasteiger partial charge is 0.397 e. The van der Waals surface area contributed by atoms with Gasteiger partial charge in [0.2, 0.25) is 0 Å². The molecule has 2 aliphatic rings. The lowest BCUT2D eigenvalue weighted by atomic mass is 9.74. The summed E-state index contributed by atoms with van der Waals surface area (Å²) in [7, 11) is 0. The summed E-state index contributed by atoms with van der Waals surface area (Å²) in [5, 5.41) is 1.43. The highest BCUT2D eigenvalue weighted by atomic mass is 35.5. The molecule has 1 aliphatic carbocycles. The topological polar surface area (TPSA) is 81.1 Å². The third-order valence-corrected chi connectivity index (χ3v) is 7.84. The molecule has 5 nitrogen and oxygen atoms in total. The number of rotatable bonds is 3. The van der Waals surface area contributed by atoms with Gasteiger partial charge >= 0.3 is 0 Å². The lowest BCUT2D eigenvalue weighted by Gasteiger charge is -2.42. The maximum absolute atomic E-state index is 6.40. The van der Waals surface area contributed by atoms with Crippen LogP contribution >= 0.6 is 23.4 Å². The van der Waals surface area contributed by atoms with Crippen LogP contribution in [0.4, 0.5) is 11.5 Å². The molecule has 1 spiro atoms. The highest BCUT2D eigenvalue weighted by Gasteiger charge is 2.43. The molecule has 4 N–H and O–H groups in total. The molecule has 4 rings (SSSR count). The van der Waals surface area contributed by atoms with Crippen LogP contribution in [0.5, 0.6) is 0 Å². The van der Waals surface area contributed by atoms with Gasteiger partial charge in [-0.15, -0.1) is 0 Å². The first-order valence-electron chi connectivity index (χ1n) is 9.54. The molecular weight excluding hydrogens is 378 g/mol. The third kappa shape index (κ3) is 3.62. The van der Waals surface area contributed by atoms with Crippen molar-refractivity contribution in [3.05, 3.63) is 35.1 Å².